The van der Waals surface area contributed by atoms with Crippen molar-refractivity contribution in [2.24, 2.45) is 0 Å². The summed E-state index contributed by atoms with van der Waals surface area (Å²) >= 11 is 6.24. The standard InChI is InChI=1S/C15H16ClN/c1-11-7-8-12(10-17-2)9-14(11)13-5-3-4-6-15(13)16/h3-9,17H,10H2,1-2H3. The highest BCUT2D eigenvalue weighted by atomic mass is 35.5. The first kappa shape index (κ1) is 12.2. The number of nitrogens with one attached hydrogen (secondary N) is 1. The van der Waals surface area contributed by atoms with Gasteiger partial charge in [0, 0.05) is 17.1 Å². The molecule has 0 aliphatic carbocycles. The van der Waals surface area contributed by atoms with Crippen LogP contribution in [0, 0.1) is 6.92 Å². The maximum absolute atomic E-state index is 6.24. The first-order valence-corrected chi connectivity index (χ1v) is 6.09. The van der Waals surface area contributed by atoms with Crippen LogP contribution in [0.3, 0.4) is 0 Å². The van der Waals surface area contributed by atoms with Gasteiger partial charge in [-0.3, -0.25) is 0 Å². The number of aryl methyl sites for hydroxylation is 1. The van der Waals surface area contributed by atoms with Crippen molar-refractivity contribution in [3.63, 3.8) is 0 Å². The summed E-state index contributed by atoms with van der Waals surface area (Å²) < 4.78 is 0. The average Bonchev–Trinajstić information content (AvgIpc) is 2.33. The van der Waals surface area contributed by atoms with Gasteiger partial charge in [-0.2, -0.15) is 0 Å². The highest BCUT2D eigenvalue weighted by Gasteiger charge is 2.06. The molecular weight excluding hydrogens is 230 g/mol. The zero-order valence-corrected chi connectivity index (χ0v) is 10.9. The summed E-state index contributed by atoms with van der Waals surface area (Å²) in [5.74, 6) is 0. The van der Waals surface area contributed by atoms with Crippen molar-refractivity contribution in [1.29, 1.82) is 0 Å². The van der Waals surface area contributed by atoms with Gasteiger partial charge in [0.1, 0.15) is 0 Å². The third-order valence-electron chi connectivity index (χ3n) is 2.85. The molecule has 1 N–H and O–H groups in total. The van der Waals surface area contributed by atoms with E-state index in [0.717, 1.165) is 17.1 Å². The summed E-state index contributed by atoms with van der Waals surface area (Å²) in [6.45, 7) is 2.99. The number of rotatable bonds is 3. The van der Waals surface area contributed by atoms with Gasteiger partial charge in [0.25, 0.3) is 0 Å². The Balaban J connectivity index is 2.51. The fourth-order valence-electron chi connectivity index (χ4n) is 1.95. The first-order valence-electron chi connectivity index (χ1n) is 5.71. The molecule has 0 saturated heterocycles. The molecule has 2 heteroatoms. The lowest BCUT2D eigenvalue weighted by Crippen LogP contribution is -2.05. The van der Waals surface area contributed by atoms with Gasteiger partial charge >= 0.3 is 0 Å². The van der Waals surface area contributed by atoms with E-state index in [9.17, 15) is 0 Å². The van der Waals surface area contributed by atoms with Crippen LogP contribution < -0.4 is 5.32 Å². The van der Waals surface area contributed by atoms with Crippen molar-refractivity contribution in [3.05, 3.63) is 58.6 Å². The Bertz CT molecular complexity index is 520. The van der Waals surface area contributed by atoms with Crippen molar-refractivity contribution in [1.82, 2.24) is 5.32 Å². The number of halogens is 1. The fourth-order valence-corrected chi connectivity index (χ4v) is 2.19. The summed E-state index contributed by atoms with van der Waals surface area (Å²) in [7, 11) is 1.95. The van der Waals surface area contributed by atoms with E-state index in [1.807, 2.05) is 25.2 Å². The summed E-state index contributed by atoms with van der Waals surface area (Å²) in [4.78, 5) is 0. The Hall–Kier alpha value is -1.31. The predicted octanol–water partition coefficient (Wildman–Crippen LogP) is 4.03. The molecule has 0 bridgehead atoms. The molecule has 0 aromatic heterocycles. The lowest BCUT2D eigenvalue weighted by Gasteiger charge is -2.10. The smallest absolute Gasteiger partial charge is 0.0484 e. The molecule has 0 saturated carbocycles. The Morgan fingerprint density at radius 3 is 2.53 bits per heavy atom. The first-order chi connectivity index (χ1) is 8.22. The van der Waals surface area contributed by atoms with Gasteiger partial charge in [0.2, 0.25) is 0 Å². The zero-order chi connectivity index (χ0) is 12.3. The SMILES string of the molecule is CNCc1ccc(C)c(-c2ccccc2Cl)c1. The van der Waals surface area contributed by atoms with Crippen LogP contribution in [-0.4, -0.2) is 7.05 Å². The highest BCUT2D eigenvalue weighted by Crippen LogP contribution is 2.30. The predicted molar refractivity (Wildman–Crippen MR) is 74.4 cm³/mol. The molecule has 0 amide bonds. The Morgan fingerprint density at radius 1 is 1.06 bits per heavy atom. The van der Waals surface area contributed by atoms with Crippen LogP contribution >= 0.6 is 11.6 Å². The van der Waals surface area contributed by atoms with Crippen molar-refractivity contribution in [3.8, 4) is 11.1 Å². The molecule has 0 unspecified atom stereocenters. The normalized spacial score (nSPS) is 10.5. The van der Waals surface area contributed by atoms with Crippen molar-refractivity contribution >= 4 is 11.6 Å². The molecule has 0 spiro atoms. The number of hydrogen-bond donors (Lipinski definition) is 1. The molecule has 0 fully saturated rings. The monoisotopic (exact) mass is 245 g/mol. The van der Waals surface area contributed by atoms with Gasteiger partial charge in [-0.1, -0.05) is 41.9 Å². The topological polar surface area (TPSA) is 12.0 Å². The van der Waals surface area contributed by atoms with Crippen LogP contribution in [0.1, 0.15) is 11.1 Å². The van der Waals surface area contributed by atoms with Crippen LogP contribution in [0.25, 0.3) is 11.1 Å². The molecule has 0 atom stereocenters. The lowest BCUT2D eigenvalue weighted by atomic mass is 9.98. The summed E-state index contributed by atoms with van der Waals surface area (Å²) in [5, 5.41) is 3.97. The molecule has 0 aliphatic heterocycles. The average molecular weight is 246 g/mol. The molecule has 88 valence electrons. The zero-order valence-electron chi connectivity index (χ0n) is 10.1. The molecule has 2 aromatic carbocycles. The molecule has 1 nitrogen and oxygen atoms in total. The molecule has 0 heterocycles. The van der Waals surface area contributed by atoms with Gasteiger partial charge in [-0.15, -0.1) is 0 Å². The van der Waals surface area contributed by atoms with Crippen LogP contribution in [0.5, 0.6) is 0 Å². The van der Waals surface area contributed by atoms with Gasteiger partial charge in [-0.05, 0) is 42.8 Å². The maximum atomic E-state index is 6.24. The van der Waals surface area contributed by atoms with Crippen LogP contribution in [0.15, 0.2) is 42.5 Å². The van der Waals surface area contributed by atoms with E-state index in [-0.39, 0.29) is 0 Å². The fraction of sp³-hybridized carbons (Fsp3) is 0.200. The van der Waals surface area contributed by atoms with Gasteiger partial charge in [0.15, 0.2) is 0 Å². The summed E-state index contributed by atoms with van der Waals surface area (Å²) in [6, 6.07) is 14.5. The number of hydrogen-bond acceptors (Lipinski definition) is 1. The molecule has 2 rings (SSSR count). The largest absolute Gasteiger partial charge is 0.316 e. The number of benzene rings is 2. The van der Waals surface area contributed by atoms with Gasteiger partial charge in [-0.25, -0.2) is 0 Å². The van der Waals surface area contributed by atoms with E-state index in [4.69, 9.17) is 11.6 Å². The molecule has 17 heavy (non-hydrogen) atoms. The lowest BCUT2D eigenvalue weighted by molar-refractivity contribution is 0.818. The van der Waals surface area contributed by atoms with Crippen LogP contribution in [0.4, 0.5) is 0 Å². The van der Waals surface area contributed by atoms with Gasteiger partial charge in [0.05, 0.1) is 0 Å². The second-order valence-corrected chi connectivity index (χ2v) is 4.57. The Kier molecular flexibility index (Phi) is 3.82. The second-order valence-electron chi connectivity index (χ2n) is 4.16. The van der Waals surface area contributed by atoms with Crippen molar-refractivity contribution in [2.75, 3.05) is 7.05 Å². The van der Waals surface area contributed by atoms with E-state index < -0.39 is 0 Å². The van der Waals surface area contributed by atoms with E-state index in [1.165, 1.54) is 16.7 Å². The molecular formula is C15H16ClN. The third kappa shape index (κ3) is 2.68. The van der Waals surface area contributed by atoms with E-state index in [1.54, 1.807) is 0 Å². The van der Waals surface area contributed by atoms with Crippen molar-refractivity contribution < 1.29 is 0 Å². The quantitative estimate of drug-likeness (QED) is 0.861. The molecule has 2 aromatic rings. The minimum Gasteiger partial charge on any atom is -0.316 e. The minimum atomic E-state index is 0.803. The molecule has 0 radical (unpaired) electrons. The Morgan fingerprint density at radius 2 is 1.82 bits per heavy atom. The van der Waals surface area contributed by atoms with Gasteiger partial charge < -0.3 is 5.32 Å². The second kappa shape index (κ2) is 5.35. The molecule has 0 aliphatic rings. The maximum Gasteiger partial charge on any atom is 0.0484 e. The minimum absolute atomic E-state index is 0.803. The van der Waals surface area contributed by atoms with Crippen LogP contribution in [0.2, 0.25) is 5.02 Å². The van der Waals surface area contributed by atoms with Crippen LogP contribution in [-0.2, 0) is 6.54 Å². The summed E-state index contributed by atoms with van der Waals surface area (Å²) in [5.41, 5.74) is 4.83. The van der Waals surface area contributed by atoms with E-state index >= 15 is 0 Å². The summed E-state index contributed by atoms with van der Waals surface area (Å²) in [6.07, 6.45) is 0. The Labute approximate surface area is 107 Å². The highest BCUT2D eigenvalue weighted by molar-refractivity contribution is 6.33. The van der Waals surface area contributed by atoms with E-state index in [0.29, 0.717) is 0 Å². The van der Waals surface area contributed by atoms with E-state index in [2.05, 4.69) is 36.5 Å². The third-order valence-corrected chi connectivity index (χ3v) is 3.18. The van der Waals surface area contributed by atoms with Crippen molar-refractivity contribution in [2.45, 2.75) is 13.5 Å².